The van der Waals surface area contributed by atoms with Crippen molar-refractivity contribution in [2.45, 2.75) is 25.3 Å². The molecule has 8 heteroatoms. The van der Waals surface area contributed by atoms with Crippen LogP contribution in [-0.2, 0) is 19.1 Å². The molecule has 34 heavy (non-hydrogen) atoms. The Balaban J connectivity index is 1.25. The molecule has 1 saturated heterocycles. The number of carbonyl (C=O) groups excluding carboxylic acids is 2. The lowest BCUT2D eigenvalue weighted by atomic mass is 9.98. The third-order valence-electron chi connectivity index (χ3n) is 6.72. The van der Waals surface area contributed by atoms with E-state index in [1.54, 1.807) is 7.05 Å². The number of alkyl carbamates (subject to hydrolysis) is 1. The fourth-order valence-corrected chi connectivity index (χ4v) is 4.77. The standard InChI is InChI=1S/C26H30N2O6/c1-16(11-24(29)28(2)23-15-33-13-22(23)25(30)31)12-27-26(32)34-14-21-19-9-5-3-7-17(19)18-8-4-6-10-20(18)21/h3-10,16,21-23H,11-15H2,1-2H3,(H,27,32)(H,30,31). The van der Waals surface area contributed by atoms with Crippen LogP contribution in [0.25, 0.3) is 11.1 Å². The average Bonchev–Trinajstić information content (AvgIpc) is 3.44. The van der Waals surface area contributed by atoms with Gasteiger partial charge < -0.3 is 24.8 Å². The molecule has 3 atom stereocenters. The molecule has 2 aromatic rings. The van der Waals surface area contributed by atoms with Gasteiger partial charge in [-0.15, -0.1) is 0 Å². The number of ether oxygens (including phenoxy) is 2. The van der Waals surface area contributed by atoms with E-state index in [4.69, 9.17) is 9.47 Å². The lowest BCUT2D eigenvalue weighted by molar-refractivity contribution is -0.144. The molecular weight excluding hydrogens is 436 g/mol. The zero-order valence-corrected chi connectivity index (χ0v) is 19.4. The first kappa shape index (κ1) is 23.8. The van der Waals surface area contributed by atoms with E-state index < -0.39 is 24.0 Å². The summed E-state index contributed by atoms with van der Waals surface area (Å²) in [6.45, 7) is 2.69. The number of likely N-dealkylation sites (N-methyl/N-ethyl adjacent to an activating group) is 1. The van der Waals surface area contributed by atoms with Crippen LogP contribution in [0.15, 0.2) is 48.5 Å². The van der Waals surface area contributed by atoms with Crippen molar-refractivity contribution in [2.75, 3.05) is 33.4 Å². The molecule has 0 bridgehead atoms. The highest BCUT2D eigenvalue weighted by molar-refractivity contribution is 5.80. The third kappa shape index (κ3) is 4.92. The van der Waals surface area contributed by atoms with Gasteiger partial charge in [0.25, 0.3) is 0 Å². The lowest BCUT2D eigenvalue weighted by Crippen LogP contribution is -2.45. The minimum absolute atomic E-state index is 0.0124. The summed E-state index contributed by atoms with van der Waals surface area (Å²) in [5.41, 5.74) is 4.63. The molecule has 1 fully saturated rings. The number of carbonyl (C=O) groups is 3. The van der Waals surface area contributed by atoms with E-state index >= 15 is 0 Å². The van der Waals surface area contributed by atoms with Crippen LogP contribution < -0.4 is 5.32 Å². The van der Waals surface area contributed by atoms with Crippen molar-refractivity contribution in [3.63, 3.8) is 0 Å². The van der Waals surface area contributed by atoms with Crippen molar-refractivity contribution in [3.05, 3.63) is 59.7 Å². The minimum Gasteiger partial charge on any atom is -0.481 e. The predicted octanol–water partition coefficient (Wildman–Crippen LogP) is 3.11. The Bertz CT molecular complexity index is 1030. The molecule has 1 aliphatic heterocycles. The summed E-state index contributed by atoms with van der Waals surface area (Å²) in [6, 6.07) is 15.8. The van der Waals surface area contributed by atoms with E-state index in [9.17, 15) is 19.5 Å². The fourth-order valence-electron chi connectivity index (χ4n) is 4.77. The van der Waals surface area contributed by atoms with Gasteiger partial charge in [-0.1, -0.05) is 55.5 Å². The molecule has 2 aliphatic rings. The van der Waals surface area contributed by atoms with Crippen LogP contribution in [0.4, 0.5) is 4.79 Å². The number of nitrogens with zero attached hydrogens (tertiary/aromatic N) is 1. The summed E-state index contributed by atoms with van der Waals surface area (Å²) >= 11 is 0. The number of nitrogens with one attached hydrogen (secondary N) is 1. The van der Waals surface area contributed by atoms with Crippen LogP contribution in [0.5, 0.6) is 0 Å². The van der Waals surface area contributed by atoms with Crippen molar-refractivity contribution >= 4 is 18.0 Å². The van der Waals surface area contributed by atoms with Crippen molar-refractivity contribution in [1.29, 1.82) is 0 Å². The second-order valence-electron chi connectivity index (χ2n) is 9.07. The number of benzene rings is 2. The summed E-state index contributed by atoms with van der Waals surface area (Å²) in [5.74, 6) is -2.01. The Morgan fingerprint density at radius 2 is 1.71 bits per heavy atom. The van der Waals surface area contributed by atoms with Crippen molar-refractivity contribution < 1.29 is 29.0 Å². The molecule has 2 amide bonds. The molecular formula is C26H30N2O6. The van der Waals surface area contributed by atoms with Crippen molar-refractivity contribution in [1.82, 2.24) is 10.2 Å². The average molecular weight is 467 g/mol. The molecule has 4 rings (SSSR count). The van der Waals surface area contributed by atoms with Crippen molar-refractivity contribution in [2.24, 2.45) is 11.8 Å². The number of fused-ring (bicyclic) bond motifs is 3. The summed E-state index contributed by atoms with van der Waals surface area (Å²) in [5, 5.41) is 12.0. The molecule has 0 saturated carbocycles. The van der Waals surface area contributed by atoms with Gasteiger partial charge in [0, 0.05) is 25.9 Å². The van der Waals surface area contributed by atoms with Gasteiger partial charge in [0.15, 0.2) is 0 Å². The van der Waals surface area contributed by atoms with E-state index in [1.165, 1.54) is 16.0 Å². The van der Waals surface area contributed by atoms with E-state index in [-0.39, 0.29) is 50.5 Å². The summed E-state index contributed by atoms with van der Waals surface area (Å²) in [4.78, 5) is 37.8. The van der Waals surface area contributed by atoms with Gasteiger partial charge in [-0.3, -0.25) is 9.59 Å². The maximum absolute atomic E-state index is 12.6. The Labute approximate surface area is 198 Å². The highest BCUT2D eigenvalue weighted by Crippen LogP contribution is 2.44. The van der Waals surface area contributed by atoms with Crippen LogP contribution in [0.2, 0.25) is 0 Å². The largest absolute Gasteiger partial charge is 0.481 e. The van der Waals surface area contributed by atoms with Gasteiger partial charge in [0.2, 0.25) is 5.91 Å². The number of hydrogen-bond acceptors (Lipinski definition) is 5. The molecule has 1 heterocycles. The SMILES string of the molecule is CC(CNC(=O)OCC1c2ccccc2-c2ccccc21)CC(=O)N(C)C1COCC1C(=O)O. The van der Waals surface area contributed by atoms with Crippen LogP contribution in [0, 0.1) is 11.8 Å². The number of hydrogen-bond donors (Lipinski definition) is 2. The van der Waals surface area contributed by atoms with Crippen LogP contribution >= 0.6 is 0 Å². The molecule has 2 N–H and O–H groups in total. The minimum atomic E-state index is -0.966. The van der Waals surface area contributed by atoms with Crippen molar-refractivity contribution in [3.8, 4) is 11.1 Å². The van der Waals surface area contributed by atoms with E-state index in [2.05, 4.69) is 29.6 Å². The monoisotopic (exact) mass is 466 g/mol. The van der Waals surface area contributed by atoms with E-state index in [0.717, 1.165) is 11.1 Å². The normalized spacial score (nSPS) is 19.7. The molecule has 0 aromatic heterocycles. The molecule has 2 aromatic carbocycles. The van der Waals surface area contributed by atoms with Gasteiger partial charge >= 0.3 is 12.1 Å². The van der Waals surface area contributed by atoms with Crippen LogP contribution in [0.1, 0.15) is 30.4 Å². The Morgan fingerprint density at radius 1 is 1.09 bits per heavy atom. The van der Waals surface area contributed by atoms with Crippen LogP contribution in [-0.4, -0.2) is 67.4 Å². The smallest absolute Gasteiger partial charge is 0.407 e. The predicted molar refractivity (Wildman–Crippen MR) is 125 cm³/mol. The second kappa shape index (κ2) is 10.3. The second-order valence-corrected chi connectivity index (χ2v) is 9.07. The number of rotatable bonds is 8. The van der Waals surface area contributed by atoms with Gasteiger partial charge in [-0.25, -0.2) is 4.79 Å². The maximum Gasteiger partial charge on any atom is 0.407 e. The molecule has 180 valence electrons. The fraction of sp³-hybridized carbons (Fsp3) is 0.423. The number of carboxylic acid groups (broad SMARTS) is 1. The summed E-state index contributed by atoms with van der Waals surface area (Å²) < 4.78 is 10.8. The zero-order valence-electron chi connectivity index (χ0n) is 19.4. The maximum atomic E-state index is 12.6. The lowest BCUT2D eigenvalue weighted by Gasteiger charge is -2.27. The molecule has 0 radical (unpaired) electrons. The van der Waals surface area contributed by atoms with E-state index in [1.807, 2.05) is 31.2 Å². The number of aliphatic carboxylic acids is 1. The quantitative estimate of drug-likeness (QED) is 0.619. The van der Waals surface area contributed by atoms with Gasteiger partial charge in [0.05, 0.1) is 19.3 Å². The van der Waals surface area contributed by atoms with Gasteiger partial charge in [-0.2, -0.15) is 0 Å². The molecule has 8 nitrogen and oxygen atoms in total. The zero-order chi connectivity index (χ0) is 24.2. The van der Waals surface area contributed by atoms with Gasteiger partial charge in [-0.05, 0) is 28.2 Å². The highest BCUT2D eigenvalue weighted by Gasteiger charge is 2.38. The topological polar surface area (TPSA) is 105 Å². The third-order valence-corrected chi connectivity index (χ3v) is 6.72. The van der Waals surface area contributed by atoms with E-state index in [0.29, 0.717) is 0 Å². The first-order valence-electron chi connectivity index (χ1n) is 11.5. The summed E-state index contributed by atoms with van der Waals surface area (Å²) in [7, 11) is 1.60. The van der Waals surface area contributed by atoms with Gasteiger partial charge in [0.1, 0.15) is 12.5 Å². The highest BCUT2D eigenvalue weighted by atomic mass is 16.5. The Kier molecular flexibility index (Phi) is 7.17. The Hall–Kier alpha value is -3.39. The first-order chi connectivity index (χ1) is 16.4. The Morgan fingerprint density at radius 3 is 2.32 bits per heavy atom. The molecule has 1 aliphatic carbocycles. The molecule has 3 unspecified atom stereocenters. The first-order valence-corrected chi connectivity index (χ1v) is 11.5. The number of carboxylic acids is 1. The van der Waals surface area contributed by atoms with Crippen LogP contribution in [0.3, 0.4) is 0 Å². The number of amides is 2. The summed E-state index contributed by atoms with van der Waals surface area (Å²) in [6.07, 6.45) is -0.340. The molecule has 0 spiro atoms.